The highest BCUT2D eigenvalue weighted by molar-refractivity contribution is 6.11. The van der Waals surface area contributed by atoms with Crippen molar-refractivity contribution in [2.75, 3.05) is 0 Å². The van der Waals surface area contributed by atoms with Crippen molar-refractivity contribution in [1.82, 2.24) is 4.98 Å². The Kier molecular flexibility index (Phi) is 3.63. The Labute approximate surface area is 137 Å². The zero-order valence-electron chi connectivity index (χ0n) is 13.5. The van der Waals surface area contributed by atoms with Crippen LogP contribution in [-0.4, -0.2) is 4.98 Å². The number of hydrogen-bond donors (Lipinski definition) is 1. The molecule has 0 amide bonds. The van der Waals surface area contributed by atoms with Crippen LogP contribution in [0.5, 0.6) is 0 Å². The van der Waals surface area contributed by atoms with Gasteiger partial charge in [0.25, 0.3) is 0 Å². The first kappa shape index (κ1) is 14.1. The summed E-state index contributed by atoms with van der Waals surface area (Å²) in [5.41, 5.74) is 6.42. The van der Waals surface area contributed by atoms with Crippen LogP contribution in [0, 0.1) is 0 Å². The number of nitrogens with one attached hydrogen (secondary N) is 1. The number of unbranched alkanes of at least 4 members (excludes halogenated alkanes) is 1. The van der Waals surface area contributed by atoms with Gasteiger partial charge in [-0.2, -0.15) is 0 Å². The van der Waals surface area contributed by atoms with E-state index in [2.05, 4.69) is 78.6 Å². The molecular weight excluding hydrogens is 278 g/mol. The fraction of sp³-hybridized carbons (Fsp3) is 0.182. The molecule has 0 aliphatic heterocycles. The van der Waals surface area contributed by atoms with Crippen molar-refractivity contribution in [3.05, 3.63) is 72.3 Å². The first-order chi connectivity index (χ1) is 11.4. The second-order valence-electron chi connectivity index (χ2n) is 6.20. The number of H-pyrrole nitrogens is 1. The topological polar surface area (TPSA) is 15.8 Å². The maximum atomic E-state index is 3.59. The largest absolute Gasteiger partial charge is 0.354 e. The van der Waals surface area contributed by atoms with Crippen LogP contribution >= 0.6 is 0 Å². The summed E-state index contributed by atoms with van der Waals surface area (Å²) < 4.78 is 0. The van der Waals surface area contributed by atoms with Crippen LogP contribution in [-0.2, 0) is 6.42 Å². The van der Waals surface area contributed by atoms with E-state index in [1.54, 1.807) is 0 Å². The zero-order valence-corrected chi connectivity index (χ0v) is 13.5. The molecule has 0 unspecified atom stereocenters. The van der Waals surface area contributed by atoms with Crippen molar-refractivity contribution < 1.29 is 0 Å². The van der Waals surface area contributed by atoms with Crippen LogP contribution in [0.2, 0.25) is 0 Å². The van der Waals surface area contributed by atoms with Crippen molar-refractivity contribution in [1.29, 1.82) is 0 Å². The van der Waals surface area contributed by atoms with Crippen LogP contribution in [0.25, 0.3) is 32.9 Å². The van der Waals surface area contributed by atoms with E-state index in [0.29, 0.717) is 0 Å². The van der Waals surface area contributed by atoms with E-state index in [0.717, 1.165) is 0 Å². The van der Waals surface area contributed by atoms with Gasteiger partial charge in [-0.1, -0.05) is 74.0 Å². The molecule has 0 radical (unpaired) electrons. The van der Waals surface area contributed by atoms with Gasteiger partial charge in [-0.3, -0.25) is 0 Å². The Bertz CT molecular complexity index is 945. The number of fused-ring (bicyclic) bond motifs is 3. The van der Waals surface area contributed by atoms with Gasteiger partial charge in [0.2, 0.25) is 0 Å². The molecule has 0 aliphatic carbocycles. The smallest absolute Gasteiger partial charge is 0.0544 e. The molecule has 0 saturated heterocycles. The highest BCUT2D eigenvalue weighted by Crippen LogP contribution is 2.33. The molecule has 0 fully saturated rings. The number of hydrogen-bond acceptors (Lipinski definition) is 0. The van der Waals surface area contributed by atoms with E-state index < -0.39 is 0 Å². The third kappa shape index (κ3) is 2.53. The predicted molar refractivity (Wildman–Crippen MR) is 99.9 cm³/mol. The van der Waals surface area contributed by atoms with Gasteiger partial charge in [0.1, 0.15) is 0 Å². The second-order valence-corrected chi connectivity index (χ2v) is 6.20. The molecule has 114 valence electrons. The third-order valence-corrected chi connectivity index (χ3v) is 4.63. The van der Waals surface area contributed by atoms with Gasteiger partial charge in [0.05, 0.1) is 5.52 Å². The van der Waals surface area contributed by atoms with Crippen molar-refractivity contribution in [2.24, 2.45) is 0 Å². The Morgan fingerprint density at radius 3 is 2.39 bits per heavy atom. The normalized spacial score (nSPS) is 11.3. The number of rotatable bonds is 4. The quantitative estimate of drug-likeness (QED) is 0.453. The zero-order chi connectivity index (χ0) is 15.6. The molecule has 3 aromatic carbocycles. The summed E-state index contributed by atoms with van der Waals surface area (Å²) in [6.45, 7) is 2.24. The molecule has 23 heavy (non-hydrogen) atoms. The minimum Gasteiger partial charge on any atom is -0.354 e. The highest BCUT2D eigenvalue weighted by atomic mass is 14.7. The maximum absolute atomic E-state index is 3.59. The van der Waals surface area contributed by atoms with Gasteiger partial charge < -0.3 is 4.98 Å². The van der Waals surface area contributed by atoms with Crippen molar-refractivity contribution in [2.45, 2.75) is 26.2 Å². The Balaban J connectivity index is 1.82. The molecule has 1 aromatic heterocycles. The Morgan fingerprint density at radius 2 is 1.57 bits per heavy atom. The molecular formula is C22H21N. The molecule has 0 spiro atoms. The van der Waals surface area contributed by atoms with E-state index in [-0.39, 0.29) is 0 Å². The van der Waals surface area contributed by atoms with Gasteiger partial charge in [-0.15, -0.1) is 0 Å². The SMILES string of the molecule is CCCCc1ccc(-c2cccc3c2[nH]c2ccccc23)cc1. The van der Waals surface area contributed by atoms with Crippen molar-refractivity contribution >= 4 is 21.8 Å². The first-order valence-corrected chi connectivity index (χ1v) is 8.45. The molecule has 1 N–H and O–H groups in total. The summed E-state index contributed by atoms with van der Waals surface area (Å²) in [5, 5.41) is 2.59. The summed E-state index contributed by atoms with van der Waals surface area (Å²) in [5.74, 6) is 0. The highest BCUT2D eigenvalue weighted by Gasteiger charge is 2.09. The van der Waals surface area contributed by atoms with E-state index in [1.807, 2.05) is 0 Å². The molecule has 1 heteroatoms. The molecule has 4 rings (SSSR count). The molecule has 4 aromatic rings. The number of para-hydroxylation sites is 2. The molecule has 0 aliphatic rings. The van der Waals surface area contributed by atoms with Crippen LogP contribution in [0.3, 0.4) is 0 Å². The van der Waals surface area contributed by atoms with Crippen LogP contribution < -0.4 is 0 Å². The van der Waals surface area contributed by atoms with Crippen LogP contribution in [0.1, 0.15) is 25.3 Å². The van der Waals surface area contributed by atoms with E-state index in [4.69, 9.17) is 0 Å². The molecule has 0 atom stereocenters. The van der Waals surface area contributed by atoms with Gasteiger partial charge in [0.15, 0.2) is 0 Å². The van der Waals surface area contributed by atoms with E-state index in [9.17, 15) is 0 Å². The van der Waals surface area contributed by atoms with Crippen molar-refractivity contribution in [3.63, 3.8) is 0 Å². The van der Waals surface area contributed by atoms with Gasteiger partial charge >= 0.3 is 0 Å². The summed E-state index contributed by atoms with van der Waals surface area (Å²) in [6.07, 6.45) is 3.68. The van der Waals surface area contributed by atoms with Gasteiger partial charge in [-0.25, -0.2) is 0 Å². The summed E-state index contributed by atoms with van der Waals surface area (Å²) in [4.78, 5) is 3.59. The summed E-state index contributed by atoms with van der Waals surface area (Å²) >= 11 is 0. The number of aromatic nitrogens is 1. The molecule has 1 heterocycles. The third-order valence-electron chi connectivity index (χ3n) is 4.63. The number of benzene rings is 3. The summed E-state index contributed by atoms with van der Waals surface area (Å²) in [7, 11) is 0. The minimum atomic E-state index is 1.17. The molecule has 0 bridgehead atoms. The fourth-order valence-electron chi connectivity index (χ4n) is 3.35. The minimum absolute atomic E-state index is 1.17. The maximum Gasteiger partial charge on any atom is 0.0544 e. The standard InChI is InChI=1S/C22H21N/c1-2-3-7-16-12-14-17(15-13-16)18-9-6-10-20-19-8-4-5-11-21(19)23-22(18)20/h4-6,8-15,23H,2-3,7H2,1H3. The lowest BCUT2D eigenvalue weighted by Gasteiger charge is -2.06. The van der Waals surface area contributed by atoms with Crippen molar-refractivity contribution in [3.8, 4) is 11.1 Å². The van der Waals surface area contributed by atoms with E-state index in [1.165, 1.54) is 57.8 Å². The van der Waals surface area contributed by atoms with Gasteiger partial charge in [-0.05, 0) is 30.0 Å². The second kappa shape index (κ2) is 5.92. The average molecular weight is 299 g/mol. The Morgan fingerprint density at radius 1 is 0.783 bits per heavy atom. The first-order valence-electron chi connectivity index (χ1n) is 8.45. The molecule has 0 saturated carbocycles. The monoisotopic (exact) mass is 299 g/mol. The number of aromatic amines is 1. The fourth-order valence-corrected chi connectivity index (χ4v) is 3.35. The Hall–Kier alpha value is -2.54. The number of aryl methyl sites for hydroxylation is 1. The molecule has 1 nitrogen and oxygen atoms in total. The predicted octanol–water partition coefficient (Wildman–Crippen LogP) is 6.33. The van der Waals surface area contributed by atoms with Gasteiger partial charge in [0, 0.05) is 21.9 Å². The lowest BCUT2D eigenvalue weighted by Crippen LogP contribution is -1.85. The lowest BCUT2D eigenvalue weighted by molar-refractivity contribution is 0.795. The van der Waals surface area contributed by atoms with Crippen LogP contribution in [0.15, 0.2) is 66.7 Å². The summed E-state index contributed by atoms with van der Waals surface area (Å²) in [6, 6.07) is 24.1. The van der Waals surface area contributed by atoms with Crippen LogP contribution in [0.4, 0.5) is 0 Å². The average Bonchev–Trinajstić information content (AvgIpc) is 2.99. The van der Waals surface area contributed by atoms with E-state index >= 15 is 0 Å². The lowest BCUT2D eigenvalue weighted by atomic mass is 9.99.